The molecule has 1 N–H and O–H groups in total. The fourth-order valence-electron chi connectivity index (χ4n) is 2.41. The molecule has 0 aliphatic carbocycles. The summed E-state index contributed by atoms with van der Waals surface area (Å²) in [5.41, 5.74) is 2.51. The molecule has 23 heavy (non-hydrogen) atoms. The third-order valence-electron chi connectivity index (χ3n) is 3.78. The maximum Gasteiger partial charge on any atom is 0.249 e. The number of hydrogen-bond donors (Lipinski definition) is 1. The molecule has 1 unspecified atom stereocenters. The number of benzene rings is 1. The van der Waals surface area contributed by atoms with Crippen LogP contribution in [0.15, 0.2) is 28.8 Å². The van der Waals surface area contributed by atoms with Crippen LogP contribution in [0.25, 0.3) is 0 Å². The summed E-state index contributed by atoms with van der Waals surface area (Å²) in [6, 6.07) is 8.20. The molecule has 1 amide bonds. The van der Waals surface area contributed by atoms with Crippen LogP contribution in [0, 0.1) is 19.8 Å². The molecular formula is C18H25N3O2. The molecule has 0 bridgehead atoms. The van der Waals surface area contributed by atoms with E-state index in [1.165, 1.54) is 11.1 Å². The van der Waals surface area contributed by atoms with Crippen molar-refractivity contribution < 1.29 is 9.32 Å². The first-order valence-electron chi connectivity index (χ1n) is 8.11. The minimum absolute atomic E-state index is 0.0201. The molecule has 0 spiro atoms. The molecular weight excluding hydrogens is 290 g/mol. The normalized spacial score (nSPS) is 12.4. The average molecular weight is 315 g/mol. The van der Waals surface area contributed by atoms with Gasteiger partial charge in [-0.25, -0.2) is 0 Å². The van der Waals surface area contributed by atoms with Crippen molar-refractivity contribution in [2.24, 2.45) is 5.92 Å². The maximum atomic E-state index is 12.2. The molecule has 0 fully saturated rings. The highest BCUT2D eigenvalue weighted by Crippen LogP contribution is 2.20. The highest BCUT2D eigenvalue weighted by molar-refractivity contribution is 5.76. The molecule has 1 aromatic heterocycles. The van der Waals surface area contributed by atoms with Gasteiger partial charge in [0, 0.05) is 6.42 Å². The van der Waals surface area contributed by atoms with Crippen molar-refractivity contribution in [3.05, 3.63) is 47.1 Å². The van der Waals surface area contributed by atoms with Crippen LogP contribution in [-0.2, 0) is 11.2 Å². The van der Waals surface area contributed by atoms with Gasteiger partial charge in [-0.3, -0.25) is 4.79 Å². The SMILES string of the molecule is Cc1ccc(CCCC(=O)NC(c2nc(C)no2)C(C)C)cc1. The highest BCUT2D eigenvalue weighted by atomic mass is 16.5. The lowest BCUT2D eigenvalue weighted by Crippen LogP contribution is -2.31. The molecule has 124 valence electrons. The Balaban J connectivity index is 1.83. The summed E-state index contributed by atoms with van der Waals surface area (Å²) in [6.07, 6.45) is 2.21. The predicted molar refractivity (Wildman–Crippen MR) is 88.9 cm³/mol. The van der Waals surface area contributed by atoms with Gasteiger partial charge < -0.3 is 9.84 Å². The van der Waals surface area contributed by atoms with Gasteiger partial charge in [-0.05, 0) is 38.2 Å². The van der Waals surface area contributed by atoms with Crippen LogP contribution in [0.2, 0.25) is 0 Å². The lowest BCUT2D eigenvalue weighted by Gasteiger charge is -2.18. The second-order valence-corrected chi connectivity index (χ2v) is 6.31. The first-order valence-corrected chi connectivity index (χ1v) is 8.11. The summed E-state index contributed by atoms with van der Waals surface area (Å²) in [4.78, 5) is 16.4. The van der Waals surface area contributed by atoms with E-state index in [1.54, 1.807) is 6.92 Å². The molecule has 0 saturated heterocycles. The molecule has 0 aliphatic heterocycles. The molecule has 5 nitrogen and oxygen atoms in total. The Morgan fingerprint density at radius 2 is 1.91 bits per heavy atom. The van der Waals surface area contributed by atoms with E-state index in [1.807, 2.05) is 13.8 Å². The second-order valence-electron chi connectivity index (χ2n) is 6.31. The third-order valence-corrected chi connectivity index (χ3v) is 3.78. The highest BCUT2D eigenvalue weighted by Gasteiger charge is 2.23. The van der Waals surface area contributed by atoms with Crippen LogP contribution >= 0.6 is 0 Å². The van der Waals surface area contributed by atoms with Gasteiger partial charge in [0.05, 0.1) is 0 Å². The van der Waals surface area contributed by atoms with Crippen LogP contribution in [0.5, 0.6) is 0 Å². The molecule has 2 aromatic rings. The number of aromatic nitrogens is 2. The minimum Gasteiger partial charge on any atom is -0.344 e. The van der Waals surface area contributed by atoms with Crippen LogP contribution in [-0.4, -0.2) is 16.0 Å². The van der Waals surface area contributed by atoms with E-state index >= 15 is 0 Å². The Morgan fingerprint density at radius 1 is 1.22 bits per heavy atom. The molecule has 2 rings (SSSR count). The maximum absolute atomic E-state index is 12.2. The Labute approximate surface area is 137 Å². The van der Waals surface area contributed by atoms with Crippen molar-refractivity contribution in [1.82, 2.24) is 15.5 Å². The van der Waals surface area contributed by atoms with Gasteiger partial charge >= 0.3 is 0 Å². The summed E-state index contributed by atoms with van der Waals surface area (Å²) in [5, 5.41) is 6.80. The minimum atomic E-state index is -0.233. The van der Waals surface area contributed by atoms with E-state index in [4.69, 9.17) is 4.52 Å². The zero-order chi connectivity index (χ0) is 16.8. The number of amides is 1. The van der Waals surface area contributed by atoms with Crippen LogP contribution in [0.3, 0.4) is 0 Å². The lowest BCUT2D eigenvalue weighted by atomic mass is 10.0. The smallest absolute Gasteiger partial charge is 0.249 e. The lowest BCUT2D eigenvalue weighted by molar-refractivity contribution is -0.122. The van der Waals surface area contributed by atoms with Crippen LogP contribution in [0.1, 0.15) is 55.6 Å². The molecule has 1 aromatic carbocycles. The third kappa shape index (κ3) is 5.20. The average Bonchev–Trinajstić information content (AvgIpc) is 2.93. The number of nitrogens with zero attached hydrogens (tertiary/aromatic N) is 2. The number of nitrogens with one attached hydrogen (secondary N) is 1. The Bertz CT molecular complexity index is 632. The van der Waals surface area contributed by atoms with Gasteiger partial charge in [0.15, 0.2) is 5.82 Å². The largest absolute Gasteiger partial charge is 0.344 e. The van der Waals surface area contributed by atoms with E-state index in [0.29, 0.717) is 18.1 Å². The van der Waals surface area contributed by atoms with Crippen molar-refractivity contribution in [1.29, 1.82) is 0 Å². The molecule has 0 radical (unpaired) electrons. The Hall–Kier alpha value is -2.17. The fraction of sp³-hybridized carbons (Fsp3) is 0.500. The van der Waals surface area contributed by atoms with Gasteiger partial charge in [0.1, 0.15) is 6.04 Å². The summed E-state index contributed by atoms with van der Waals surface area (Å²) in [7, 11) is 0. The molecule has 1 atom stereocenters. The summed E-state index contributed by atoms with van der Waals surface area (Å²) in [6.45, 7) is 7.89. The summed E-state index contributed by atoms with van der Waals surface area (Å²) in [5.74, 6) is 1.27. The Morgan fingerprint density at radius 3 is 2.48 bits per heavy atom. The van der Waals surface area contributed by atoms with Crippen molar-refractivity contribution in [3.63, 3.8) is 0 Å². The van der Waals surface area contributed by atoms with Gasteiger partial charge in [-0.1, -0.05) is 48.8 Å². The quantitative estimate of drug-likeness (QED) is 0.849. The number of rotatable bonds is 7. The zero-order valence-corrected chi connectivity index (χ0v) is 14.3. The van der Waals surface area contributed by atoms with Gasteiger partial charge in [-0.2, -0.15) is 4.98 Å². The van der Waals surface area contributed by atoms with E-state index in [0.717, 1.165) is 12.8 Å². The van der Waals surface area contributed by atoms with Crippen molar-refractivity contribution in [3.8, 4) is 0 Å². The number of hydrogen-bond acceptors (Lipinski definition) is 4. The molecule has 1 heterocycles. The van der Waals surface area contributed by atoms with Crippen LogP contribution in [0.4, 0.5) is 0 Å². The van der Waals surface area contributed by atoms with E-state index in [-0.39, 0.29) is 17.9 Å². The number of carbonyl (C=O) groups is 1. The first-order chi connectivity index (χ1) is 11.0. The fourth-order valence-corrected chi connectivity index (χ4v) is 2.41. The molecule has 5 heteroatoms. The van der Waals surface area contributed by atoms with Gasteiger partial charge in [-0.15, -0.1) is 0 Å². The van der Waals surface area contributed by atoms with E-state index in [9.17, 15) is 4.79 Å². The standard InChI is InChI=1S/C18H25N3O2/c1-12(2)17(18-19-14(4)21-23-18)20-16(22)7-5-6-15-10-8-13(3)9-11-15/h8-12,17H,5-7H2,1-4H3,(H,20,22). The predicted octanol–water partition coefficient (Wildman–Crippen LogP) is 3.52. The molecule has 0 aliphatic rings. The summed E-state index contributed by atoms with van der Waals surface area (Å²) < 4.78 is 5.20. The second kappa shape index (κ2) is 7.90. The summed E-state index contributed by atoms with van der Waals surface area (Å²) >= 11 is 0. The number of aryl methyl sites for hydroxylation is 3. The zero-order valence-electron chi connectivity index (χ0n) is 14.3. The van der Waals surface area contributed by atoms with Crippen molar-refractivity contribution >= 4 is 5.91 Å². The topological polar surface area (TPSA) is 68.0 Å². The molecule has 0 saturated carbocycles. The van der Waals surface area contributed by atoms with Gasteiger partial charge in [0.25, 0.3) is 0 Å². The van der Waals surface area contributed by atoms with E-state index in [2.05, 4.69) is 46.6 Å². The first kappa shape index (κ1) is 17.2. The number of carbonyl (C=O) groups excluding carboxylic acids is 1. The van der Waals surface area contributed by atoms with Crippen LogP contribution < -0.4 is 5.32 Å². The van der Waals surface area contributed by atoms with Gasteiger partial charge in [0.2, 0.25) is 11.8 Å². The van der Waals surface area contributed by atoms with Crippen molar-refractivity contribution in [2.45, 2.75) is 53.0 Å². The van der Waals surface area contributed by atoms with E-state index < -0.39 is 0 Å². The monoisotopic (exact) mass is 315 g/mol. The van der Waals surface area contributed by atoms with Crippen molar-refractivity contribution in [2.75, 3.05) is 0 Å². The Kier molecular flexibility index (Phi) is 5.90.